The van der Waals surface area contributed by atoms with Crippen molar-refractivity contribution in [3.8, 4) is 5.69 Å². The molecule has 0 fully saturated rings. The third kappa shape index (κ3) is 4.36. The molecule has 0 N–H and O–H groups in total. The van der Waals surface area contributed by atoms with Gasteiger partial charge in [0.1, 0.15) is 11.6 Å². The number of aromatic nitrogens is 2. The summed E-state index contributed by atoms with van der Waals surface area (Å²) >= 11 is 0. The SMILES string of the molecule is CCCN(C(=O)c1cccc(F)c1)C(C)c1nc2ccccc2c(=O)n1-c1ccc(C)c(C)c1. The van der Waals surface area contributed by atoms with Crippen molar-refractivity contribution >= 4 is 16.8 Å². The Morgan fingerprint density at radius 1 is 1.03 bits per heavy atom. The minimum Gasteiger partial charge on any atom is -0.329 e. The Morgan fingerprint density at radius 2 is 1.79 bits per heavy atom. The summed E-state index contributed by atoms with van der Waals surface area (Å²) in [5.74, 6) is -0.307. The van der Waals surface area contributed by atoms with Crippen LogP contribution in [0.15, 0.2) is 71.5 Å². The molecule has 0 saturated heterocycles. The predicted octanol–water partition coefficient (Wildman–Crippen LogP) is 5.76. The maximum absolute atomic E-state index is 13.9. The van der Waals surface area contributed by atoms with E-state index >= 15 is 0 Å². The van der Waals surface area contributed by atoms with Gasteiger partial charge in [-0.2, -0.15) is 0 Å². The molecule has 0 saturated carbocycles. The van der Waals surface area contributed by atoms with Crippen molar-refractivity contribution in [3.05, 3.63) is 105 Å². The van der Waals surface area contributed by atoms with Crippen molar-refractivity contribution in [3.63, 3.8) is 0 Å². The summed E-state index contributed by atoms with van der Waals surface area (Å²) < 4.78 is 15.5. The Labute approximate surface area is 198 Å². The summed E-state index contributed by atoms with van der Waals surface area (Å²) in [6.07, 6.45) is 0.701. The van der Waals surface area contributed by atoms with E-state index in [0.29, 0.717) is 35.4 Å². The third-order valence-corrected chi connectivity index (χ3v) is 6.19. The molecule has 174 valence electrons. The molecule has 1 unspecified atom stereocenters. The largest absolute Gasteiger partial charge is 0.329 e. The number of carbonyl (C=O) groups is 1. The quantitative estimate of drug-likeness (QED) is 0.370. The maximum Gasteiger partial charge on any atom is 0.266 e. The van der Waals surface area contributed by atoms with E-state index < -0.39 is 11.9 Å². The molecule has 0 aliphatic rings. The van der Waals surface area contributed by atoms with E-state index in [1.807, 2.05) is 58.0 Å². The molecule has 3 aromatic carbocycles. The van der Waals surface area contributed by atoms with Gasteiger partial charge in [-0.3, -0.25) is 14.2 Å². The van der Waals surface area contributed by atoms with Crippen LogP contribution in [0.5, 0.6) is 0 Å². The number of aryl methyl sites for hydroxylation is 2. The number of carbonyl (C=O) groups excluding carboxylic acids is 1. The summed E-state index contributed by atoms with van der Waals surface area (Å²) in [7, 11) is 0. The van der Waals surface area contributed by atoms with Crippen LogP contribution in [0.25, 0.3) is 16.6 Å². The Morgan fingerprint density at radius 3 is 2.50 bits per heavy atom. The third-order valence-electron chi connectivity index (χ3n) is 6.19. The molecule has 1 aromatic heterocycles. The second-order valence-corrected chi connectivity index (χ2v) is 8.58. The highest BCUT2D eigenvalue weighted by molar-refractivity contribution is 5.94. The summed E-state index contributed by atoms with van der Waals surface area (Å²) in [5, 5.41) is 0.509. The minimum absolute atomic E-state index is 0.189. The van der Waals surface area contributed by atoms with Crippen molar-refractivity contribution in [2.75, 3.05) is 6.54 Å². The zero-order valence-corrected chi connectivity index (χ0v) is 19.9. The molecule has 6 heteroatoms. The Kier molecular flexibility index (Phi) is 6.59. The normalized spacial score (nSPS) is 12.0. The lowest BCUT2D eigenvalue weighted by atomic mass is 10.1. The average molecular weight is 458 g/mol. The van der Waals surface area contributed by atoms with Gasteiger partial charge in [-0.1, -0.05) is 31.2 Å². The Balaban J connectivity index is 1.92. The smallest absolute Gasteiger partial charge is 0.266 e. The van der Waals surface area contributed by atoms with Gasteiger partial charge < -0.3 is 4.90 Å². The zero-order valence-electron chi connectivity index (χ0n) is 19.9. The predicted molar refractivity (Wildman–Crippen MR) is 133 cm³/mol. The van der Waals surface area contributed by atoms with Crippen molar-refractivity contribution in [2.24, 2.45) is 0 Å². The molecule has 5 nitrogen and oxygen atoms in total. The van der Waals surface area contributed by atoms with E-state index in [1.54, 1.807) is 27.7 Å². The molecule has 1 heterocycles. The van der Waals surface area contributed by atoms with Gasteiger partial charge in [0.05, 0.1) is 22.6 Å². The van der Waals surface area contributed by atoms with Crippen LogP contribution in [-0.2, 0) is 0 Å². The summed E-state index contributed by atoms with van der Waals surface area (Å²) in [6.45, 7) is 8.29. The van der Waals surface area contributed by atoms with Crippen molar-refractivity contribution in [2.45, 2.75) is 40.2 Å². The molecule has 34 heavy (non-hydrogen) atoms. The van der Waals surface area contributed by atoms with Gasteiger partial charge in [0.15, 0.2) is 0 Å². The standard InChI is InChI=1S/C28H28FN3O2/c1-5-15-31(27(33)21-9-8-10-22(29)17-21)20(4)26-30-25-12-7-6-11-24(25)28(34)32(26)23-14-13-18(2)19(3)16-23/h6-14,16-17,20H,5,15H2,1-4H3. The fourth-order valence-electron chi connectivity index (χ4n) is 4.18. The number of hydrogen-bond acceptors (Lipinski definition) is 3. The van der Waals surface area contributed by atoms with Crippen LogP contribution in [0.1, 0.15) is 53.6 Å². The van der Waals surface area contributed by atoms with Gasteiger partial charge in [-0.25, -0.2) is 9.37 Å². The molecule has 0 radical (unpaired) electrons. The van der Waals surface area contributed by atoms with Crippen LogP contribution in [0.3, 0.4) is 0 Å². The second-order valence-electron chi connectivity index (χ2n) is 8.58. The summed E-state index contributed by atoms with van der Waals surface area (Å²) in [4.78, 5) is 33.6. The molecule has 4 rings (SSSR count). The van der Waals surface area contributed by atoms with E-state index in [-0.39, 0.29) is 17.0 Å². The van der Waals surface area contributed by atoms with Crippen molar-refractivity contribution < 1.29 is 9.18 Å². The number of para-hydroxylation sites is 1. The first-order chi connectivity index (χ1) is 16.3. The first kappa shape index (κ1) is 23.4. The number of nitrogens with zero attached hydrogens (tertiary/aromatic N) is 3. The second kappa shape index (κ2) is 9.59. The molecule has 0 aliphatic carbocycles. The maximum atomic E-state index is 13.9. The summed E-state index contributed by atoms with van der Waals surface area (Å²) in [6, 6.07) is 18.2. The lowest BCUT2D eigenvalue weighted by molar-refractivity contribution is 0.0680. The topological polar surface area (TPSA) is 55.2 Å². The van der Waals surface area contributed by atoms with Gasteiger partial charge in [0.25, 0.3) is 11.5 Å². The zero-order chi connectivity index (χ0) is 24.4. The molecule has 1 amide bonds. The molecule has 0 aliphatic heterocycles. The van der Waals surface area contributed by atoms with E-state index in [4.69, 9.17) is 4.98 Å². The highest BCUT2D eigenvalue weighted by Crippen LogP contribution is 2.25. The van der Waals surface area contributed by atoms with Gasteiger partial charge in [-0.05, 0) is 80.8 Å². The van der Waals surface area contributed by atoms with Gasteiger partial charge >= 0.3 is 0 Å². The number of amides is 1. The number of hydrogen-bond donors (Lipinski definition) is 0. The van der Waals surface area contributed by atoms with Gasteiger partial charge in [-0.15, -0.1) is 0 Å². The highest BCUT2D eigenvalue weighted by Gasteiger charge is 2.27. The van der Waals surface area contributed by atoms with Gasteiger partial charge in [0, 0.05) is 12.1 Å². The van der Waals surface area contributed by atoms with Crippen LogP contribution in [0, 0.1) is 19.7 Å². The molecular formula is C28H28FN3O2. The van der Waals surface area contributed by atoms with Crippen LogP contribution < -0.4 is 5.56 Å². The molecule has 4 aromatic rings. The fraction of sp³-hybridized carbons (Fsp3) is 0.250. The van der Waals surface area contributed by atoms with E-state index in [2.05, 4.69) is 0 Å². The first-order valence-corrected chi connectivity index (χ1v) is 11.5. The van der Waals surface area contributed by atoms with E-state index in [9.17, 15) is 14.0 Å². The van der Waals surface area contributed by atoms with E-state index in [1.165, 1.54) is 18.2 Å². The monoisotopic (exact) mass is 457 g/mol. The Bertz CT molecular complexity index is 1430. The van der Waals surface area contributed by atoms with Crippen LogP contribution in [0.2, 0.25) is 0 Å². The number of halogens is 1. The Hall–Kier alpha value is -3.80. The molecule has 1 atom stereocenters. The molecule has 0 spiro atoms. The lowest BCUT2D eigenvalue weighted by Crippen LogP contribution is -2.38. The van der Waals surface area contributed by atoms with Crippen LogP contribution in [-0.4, -0.2) is 26.9 Å². The lowest BCUT2D eigenvalue weighted by Gasteiger charge is -2.30. The number of fused-ring (bicyclic) bond motifs is 1. The van der Waals surface area contributed by atoms with Crippen molar-refractivity contribution in [1.29, 1.82) is 0 Å². The van der Waals surface area contributed by atoms with Crippen molar-refractivity contribution in [1.82, 2.24) is 14.5 Å². The first-order valence-electron chi connectivity index (χ1n) is 11.5. The number of benzene rings is 3. The van der Waals surface area contributed by atoms with Crippen LogP contribution >= 0.6 is 0 Å². The highest BCUT2D eigenvalue weighted by atomic mass is 19.1. The fourth-order valence-corrected chi connectivity index (χ4v) is 4.18. The van der Waals surface area contributed by atoms with E-state index in [0.717, 1.165) is 11.1 Å². The van der Waals surface area contributed by atoms with Gasteiger partial charge in [0.2, 0.25) is 0 Å². The molecular weight excluding hydrogens is 429 g/mol. The molecule has 0 bridgehead atoms. The minimum atomic E-state index is -0.533. The van der Waals surface area contributed by atoms with Crippen LogP contribution in [0.4, 0.5) is 4.39 Å². The summed E-state index contributed by atoms with van der Waals surface area (Å²) in [5.41, 5.74) is 3.52. The number of rotatable bonds is 6. The average Bonchev–Trinajstić information content (AvgIpc) is 2.83.